The van der Waals surface area contributed by atoms with Crippen LogP contribution in [0.1, 0.15) is 12.8 Å². The highest BCUT2D eigenvalue weighted by atomic mass is 16.5. The first-order chi connectivity index (χ1) is 2.95. The van der Waals surface area contributed by atoms with Gasteiger partial charge in [0.25, 0.3) is 0 Å². The van der Waals surface area contributed by atoms with E-state index < -0.39 is 0 Å². The van der Waals surface area contributed by atoms with Gasteiger partial charge in [0.2, 0.25) is 0 Å². The zero-order valence-electron chi connectivity index (χ0n) is 4.18. The molecule has 2 nitrogen and oxygen atoms in total. The van der Waals surface area contributed by atoms with Gasteiger partial charge in [-0.25, -0.2) is 0 Å². The van der Waals surface area contributed by atoms with Crippen molar-refractivity contribution in [2.24, 2.45) is 5.92 Å². The van der Waals surface area contributed by atoms with Gasteiger partial charge in [0, 0.05) is 6.61 Å². The smallest absolute Gasteiger partial charge is 0.0582 e. The summed E-state index contributed by atoms with van der Waals surface area (Å²) in [6.45, 7) is 1.06. The second-order valence-electron chi connectivity index (χ2n) is 2.29. The predicted molar refractivity (Wildman–Crippen MR) is 26.1 cm³/mol. The fourth-order valence-electron chi connectivity index (χ4n) is 1.22. The first-order valence-corrected chi connectivity index (χ1v) is 2.57. The highest BCUT2D eigenvalue weighted by Gasteiger charge is 2.36. The number of ether oxygens (including phenoxy) is 1. The van der Waals surface area contributed by atoms with Gasteiger partial charge in [0.1, 0.15) is 0 Å². The standard InChI is InChI=1S/C5H8O.H2O/c1-4-2-5(1)6-3-4;/h4-5H,1-3H2;1H2. The van der Waals surface area contributed by atoms with Crippen LogP contribution in [-0.4, -0.2) is 18.2 Å². The zero-order valence-corrected chi connectivity index (χ0v) is 4.18. The molecular weight excluding hydrogens is 92.1 g/mol. The van der Waals surface area contributed by atoms with E-state index in [9.17, 15) is 0 Å². The molecule has 0 radical (unpaired) electrons. The molecule has 0 aromatic heterocycles. The van der Waals surface area contributed by atoms with Gasteiger partial charge in [-0.2, -0.15) is 0 Å². The molecule has 0 spiro atoms. The Morgan fingerprint density at radius 3 is 2.14 bits per heavy atom. The van der Waals surface area contributed by atoms with E-state index in [1.54, 1.807) is 0 Å². The van der Waals surface area contributed by atoms with Crippen LogP contribution < -0.4 is 0 Å². The molecule has 3 rings (SSSR count). The maximum Gasteiger partial charge on any atom is 0.0582 e. The SMILES string of the molecule is C1OC2CC1C2.O. The first kappa shape index (κ1) is 5.06. The van der Waals surface area contributed by atoms with Crippen LogP contribution in [0.2, 0.25) is 0 Å². The van der Waals surface area contributed by atoms with Crippen molar-refractivity contribution in [2.75, 3.05) is 6.61 Å². The van der Waals surface area contributed by atoms with Crippen LogP contribution in [0.15, 0.2) is 0 Å². The molecule has 2 N–H and O–H groups in total. The lowest BCUT2D eigenvalue weighted by atomic mass is 9.87. The highest BCUT2D eigenvalue weighted by molar-refractivity contribution is 4.86. The summed E-state index contributed by atoms with van der Waals surface area (Å²) < 4.78 is 5.23. The normalized spacial score (nSPS) is 44.6. The molecule has 2 saturated heterocycles. The molecule has 0 aromatic carbocycles. The van der Waals surface area contributed by atoms with Crippen LogP contribution >= 0.6 is 0 Å². The molecular formula is C5H10O2. The lowest BCUT2D eigenvalue weighted by molar-refractivity contribution is 0.125. The summed E-state index contributed by atoms with van der Waals surface area (Å²) in [5, 5.41) is 0. The molecule has 2 aliphatic heterocycles. The Labute approximate surface area is 42.8 Å². The fraction of sp³-hybridized carbons (Fsp3) is 1.00. The van der Waals surface area contributed by atoms with Gasteiger partial charge in [-0.05, 0) is 18.8 Å². The van der Waals surface area contributed by atoms with Crippen LogP contribution in [0, 0.1) is 5.92 Å². The van der Waals surface area contributed by atoms with Crippen molar-refractivity contribution in [3.05, 3.63) is 0 Å². The van der Waals surface area contributed by atoms with Crippen LogP contribution in [0.25, 0.3) is 0 Å². The van der Waals surface area contributed by atoms with Gasteiger partial charge in [0.05, 0.1) is 6.10 Å². The summed E-state index contributed by atoms with van der Waals surface area (Å²) in [7, 11) is 0. The number of fused-ring (bicyclic) bond motifs is 1. The zero-order chi connectivity index (χ0) is 3.98. The molecule has 1 saturated carbocycles. The van der Waals surface area contributed by atoms with Gasteiger partial charge in [0.15, 0.2) is 0 Å². The number of hydrogen-bond donors (Lipinski definition) is 0. The lowest BCUT2D eigenvalue weighted by Gasteiger charge is -2.17. The van der Waals surface area contributed by atoms with E-state index in [-0.39, 0.29) is 5.48 Å². The Bertz CT molecular complexity index is 53.0. The minimum atomic E-state index is 0. The third-order valence-electron chi connectivity index (χ3n) is 1.76. The molecule has 7 heavy (non-hydrogen) atoms. The van der Waals surface area contributed by atoms with E-state index in [0.717, 1.165) is 12.5 Å². The van der Waals surface area contributed by atoms with Crippen LogP contribution in [0.3, 0.4) is 0 Å². The largest absolute Gasteiger partial charge is 0.412 e. The maximum atomic E-state index is 5.23. The average molecular weight is 102 g/mol. The molecule has 2 heteroatoms. The molecule has 42 valence electrons. The van der Waals surface area contributed by atoms with Gasteiger partial charge < -0.3 is 10.2 Å². The second-order valence-corrected chi connectivity index (χ2v) is 2.29. The Kier molecular flexibility index (Phi) is 1.05. The summed E-state index contributed by atoms with van der Waals surface area (Å²) in [4.78, 5) is 0. The summed E-state index contributed by atoms with van der Waals surface area (Å²) in [6, 6.07) is 0. The first-order valence-electron chi connectivity index (χ1n) is 2.57. The molecule has 2 heterocycles. The van der Waals surface area contributed by atoms with Crippen LogP contribution in [0.4, 0.5) is 0 Å². The van der Waals surface area contributed by atoms with E-state index in [0.29, 0.717) is 6.10 Å². The molecule has 3 aliphatic rings. The van der Waals surface area contributed by atoms with E-state index >= 15 is 0 Å². The molecule has 0 atom stereocenters. The van der Waals surface area contributed by atoms with Crippen LogP contribution in [-0.2, 0) is 4.74 Å². The summed E-state index contributed by atoms with van der Waals surface area (Å²) in [5.74, 6) is 0.968. The van der Waals surface area contributed by atoms with Crippen molar-refractivity contribution >= 4 is 0 Å². The monoisotopic (exact) mass is 102 g/mol. The van der Waals surface area contributed by atoms with Crippen LogP contribution in [0.5, 0.6) is 0 Å². The van der Waals surface area contributed by atoms with Gasteiger partial charge >= 0.3 is 0 Å². The summed E-state index contributed by atoms with van der Waals surface area (Å²) >= 11 is 0. The topological polar surface area (TPSA) is 40.7 Å². The lowest BCUT2D eigenvalue weighted by Crippen LogP contribution is -2.17. The van der Waals surface area contributed by atoms with Crippen molar-refractivity contribution in [1.29, 1.82) is 0 Å². The van der Waals surface area contributed by atoms with E-state index in [4.69, 9.17) is 4.74 Å². The quantitative estimate of drug-likeness (QED) is 0.423. The third-order valence-corrected chi connectivity index (χ3v) is 1.76. The number of rotatable bonds is 0. The van der Waals surface area contributed by atoms with E-state index in [1.807, 2.05) is 0 Å². The Morgan fingerprint density at radius 2 is 2.00 bits per heavy atom. The Morgan fingerprint density at radius 1 is 1.29 bits per heavy atom. The van der Waals surface area contributed by atoms with Crippen molar-refractivity contribution < 1.29 is 10.2 Å². The highest BCUT2D eigenvalue weighted by Crippen LogP contribution is 2.37. The molecule has 1 aliphatic carbocycles. The maximum absolute atomic E-state index is 5.23. The molecule has 0 unspecified atom stereocenters. The Hall–Kier alpha value is -0.0800. The van der Waals surface area contributed by atoms with Crippen molar-refractivity contribution in [3.63, 3.8) is 0 Å². The van der Waals surface area contributed by atoms with E-state index in [1.165, 1.54) is 12.8 Å². The van der Waals surface area contributed by atoms with Crippen molar-refractivity contribution in [1.82, 2.24) is 0 Å². The molecule has 2 bridgehead atoms. The van der Waals surface area contributed by atoms with Crippen molar-refractivity contribution in [2.45, 2.75) is 18.9 Å². The molecule has 0 aromatic rings. The molecule has 0 amide bonds. The second kappa shape index (κ2) is 1.46. The summed E-state index contributed by atoms with van der Waals surface area (Å²) in [6.07, 6.45) is 3.41. The van der Waals surface area contributed by atoms with Gasteiger partial charge in [-0.15, -0.1) is 0 Å². The molecule has 3 fully saturated rings. The van der Waals surface area contributed by atoms with Gasteiger partial charge in [-0.1, -0.05) is 0 Å². The summed E-state index contributed by atoms with van der Waals surface area (Å²) in [5.41, 5.74) is 0. The van der Waals surface area contributed by atoms with Crippen molar-refractivity contribution in [3.8, 4) is 0 Å². The average Bonchev–Trinajstić information content (AvgIpc) is 1.72. The van der Waals surface area contributed by atoms with E-state index in [2.05, 4.69) is 0 Å². The van der Waals surface area contributed by atoms with Gasteiger partial charge in [-0.3, -0.25) is 0 Å². The fourth-order valence-corrected chi connectivity index (χ4v) is 1.22. The minimum absolute atomic E-state index is 0. The number of hydrogen-bond acceptors (Lipinski definition) is 1. The Balaban J connectivity index is 0.000000245. The minimum Gasteiger partial charge on any atom is -0.412 e. The predicted octanol–water partition coefficient (Wildman–Crippen LogP) is -0.0295. The third kappa shape index (κ3) is 0.545.